The number of nitrogens with one attached hydrogen (secondary N) is 2. The molecule has 19 heavy (non-hydrogen) atoms. The zero-order chi connectivity index (χ0) is 13.9. The van der Waals surface area contributed by atoms with Gasteiger partial charge in [-0.15, -0.1) is 0 Å². The van der Waals surface area contributed by atoms with Crippen LogP contribution in [-0.4, -0.2) is 18.4 Å². The molecule has 2 aromatic rings. The SMILES string of the molecule is NNc1ncc(S(=O)(=O)Nc2ccccc2I)cn1. The topological polar surface area (TPSA) is 110 Å². The Morgan fingerprint density at radius 3 is 2.37 bits per heavy atom. The number of hydrogen-bond acceptors (Lipinski definition) is 6. The van der Waals surface area contributed by atoms with Gasteiger partial charge >= 0.3 is 0 Å². The van der Waals surface area contributed by atoms with E-state index in [1.165, 1.54) is 12.4 Å². The molecule has 0 aliphatic heterocycles. The fraction of sp³-hybridized carbons (Fsp3) is 0. The average Bonchev–Trinajstić information content (AvgIpc) is 2.41. The van der Waals surface area contributed by atoms with Crippen LogP contribution in [0.25, 0.3) is 0 Å². The van der Waals surface area contributed by atoms with Crippen molar-refractivity contribution in [1.82, 2.24) is 9.97 Å². The molecule has 1 heterocycles. The number of halogens is 1. The van der Waals surface area contributed by atoms with Gasteiger partial charge in [0.05, 0.1) is 18.1 Å². The third kappa shape index (κ3) is 3.30. The van der Waals surface area contributed by atoms with Crippen LogP contribution in [0.2, 0.25) is 0 Å². The van der Waals surface area contributed by atoms with Crippen LogP contribution < -0.4 is 16.0 Å². The lowest BCUT2D eigenvalue weighted by Crippen LogP contribution is -2.16. The molecule has 0 aliphatic rings. The Labute approximate surface area is 123 Å². The third-order valence-electron chi connectivity index (χ3n) is 2.19. The molecule has 4 N–H and O–H groups in total. The second kappa shape index (κ2) is 5.67. The maximum Gasteiger partial charge on any atom is 0.265 e. The molecule has 0 unspecified atom stereocenters. The van der Waals surface area contributed by atoms with Crippen LogP contribution in [0.1, 0.15) is 0 Å². The molecule has 0 bridgehead atoms. The van der Waals surface area contributed by atoms with Crippen molar-refractivity contribution in [3.8, 4) is 0 Å². The smallest absolute Gasteiger partial charge is 0.265 e. The summed E-state index contributed by atoms with van der Waals surface area (Å²) in [6, 6.07) is 7.05. The summed E-state index contributed by atoms with van der Waals surface area (Å²) in [6.45, 7) is 0. The Kier molecular flexibility index (Phi) is 4.17. The van der Waals surface area contributed by atoms with E-state index in [0.29, 0.717) is 5.69 Å². The van der Waals surface area contributed by atoms with E-state index in [-0.39, 0.29) is 10.8 Å². The summed E-state index contributed by atoms with van der Waals surface area (Å²) < 4.78 is 27.5. The predicted molar refractivity (Wildman–Crippen MR) is 79.8 cm³/mol. The number of nitrogens with two attached hydrogens (primary N) is 1. The minimum atomic E-state index is -3.71. The first kappa shape index (κ1) is 14.0. The van der Waals surface area contributed by atoms with Gasteiger partial charge in [-0.25, -0.2) is 24.2 Å². The van der Waals surface area contributed by atoms with Gasteiger partial charge in [-0.3, -0.25) is 10.1 Å². The summed E-state index contributed by atoms with van der Waals surface area (Å²) in [5.74, 6) is 5.26. The molecule has 9 heteroatoms. The normalized spacial score (nSPS) is 11.1. The van der Waals surface area contributed by atoms with E-state index in [1.807, 2.05) is 28.7 Å². The molecule has 0 fully saturated rings. The summed E-state index contributed by atoms with van der Waals surface area (Å²) >= 11 is 2.05. The molecule has 1 aromatic heterocycles. The fourth-order valence-electron chi connectivity index (χ4n) is 1.28. The van der Waals surface area contributed by atoms with Crippen molar-refractivity contribution in [3.63, 3.8) is 0 Å². The Hall–Kier alpha value is -1.46. The number of nitrogens with zero attached hydrogens (tertiary/aromatic N) is 2. The number of hydrazine groups is 1. The maximum atomic E-state index is 12.1. The van der Waals surface area contributed by atoms with Crippen LogP contribution in [0, 0.1) is 3.57 Å². The average molecular weight is 391 g/mol. The van der Waals surface area contributed by atoms with Crippen molar-refractivity contribution in [1.29, 1.82) is 0 Å². The molecule has 0 saturated heterocycles. The Bertz CT molecular complexity index is 675. The maximum absolute atomic E-state index is 12.1. The van der Waals surface area contributed by atoms with Crippen molar-refractivity contribution in [2.75, 3.05) is 10.1 Å². The number of rotatable bonds is 4. The number of benzene rings is 1. The molecule has 0 radical (unpaired) electrons. The summed E-state index contributed by atoms with van der Waals surface area (Å²) in [4.78, 5) is 7.48. The Morgan fingerprint density at radius 1 is 1.16 bits per heavy atom. The molecule has 2 rings (SSSR count). The van der Waals surface area contributed by atoms with Gasteiger partial charge in [0.2, 0.25) is 5.95 Å². The molecule has 100 valence electrons. The number of sulfonamides is 1. The van der Waals surface area contributed by atoms with Crippen LogP contribution >= 0.6 is 22.6 Å². The van der Waals surface area contributed by atoms with Gasteiger partial charge in [-0.2, -0.15) is 0 Å². The molecule has 0 spiro atoms. The lowest BCUT2D eigenvalue weighted by Gasteiger charge is -2.09. The number of aromatic nitrogens is 2. The highest BCUT2D eigenvalue weighted by atomic mass is 127. The van der Waals surface area contributed by atoms with E-state index in [0.717, 1.165) is 3.57 Å². The van der Waals surface area contributed by atoms with E-state index in [4.69, 9.17) is 5.84 Å². The summed E-state index contributed by atoms with van der Waals surface area (Å²) in [6.07, 6.45) is 2.36. The number of nitrogen functional groups attached to an aromatic ring is 1. The van der Waals surface area contributed by atoms with E-state index in [9.17, 15) is 8.42 Å². The molecule has 0 amide bonds. The second-order valence-corrected chi connectivity index (χ2v) is 6.32. The van der Waals surface area contributed by atoms with Crippen molar-refractivity contribution in [3.05, 3.63) is 40.2 Å². The van der Waals surface area contributed by atoms with E-state index >= 15 is 0 Å². The highest BCUT2D eigenvalue weighted by molar-refractivity contribution is 14.1. The van der Waals surface area contributed by atoms with Crippen LogP contribution in [0.3, 0.4) is 0 Å². The fourth-order valence-corrected chi connectivity index (χ4v) is 2.95. The molecule has 0 atom stereocenters. The van der Waals surface area contributed by atoms with Gasteiger partial charge in [0.1, 0.15) is 4.90 Å². The zero-order valence-electron chi connectivity index (χ0n) is 9.54. The minimum Gasteiger partial charge on any atom is -0.292 e. The lowest BCUT2D eigenvalue weighted by atomic mass is 10.3. The summed E-state index contributed by atoms with van der Waals surface area (Å²) in [7, 11) is -3.71. The molecule has 7 nitrogen and oxygen atoms in total. The zero-order valence-corrected chi connectivity index (χ0v) is 12.5. The van der Waals surface area contributed by atoms with Crippen LogP contribution in [-0.2, 0) is 10.0 Å². The lowest BCUT2D eigenvalue weighted by molar-refractivity contribution is 0.600. The molecular formula is C10H10IN5O2S. The van der Waals surface area contributed by atoms with Gasteiger partial charge in [-0.1, -0.05) is 12.1 Å². The van der Waals surface area contributed by atoms with Gasteiger partial charge in [0.25, 0.3) is 10.0 Å². The van der Waals surface area contributed by atoms with Gasteiger partial charge in [-0.05, 0) is 34.7 Å². The van der Waals surface area contributed by atoms with Crippen LogP contribution in [0.15, 0.2) is 41.6 Å². The second-order valence-electron chi connectivity index (χ2n) is 3.47. The van der Waals surface area contributed by atoms with Gasteiger partial charge in [0.15, 0.2) is 0 Å². The van der Waals surface area contributed by atoms with Gasteiger partial charge in [0, 0.05) is 3.57 Å². The summed E-state index contributed by atoms with van der Waals surface area (Å²) in [5.41, 5.74) is 2.73. The molecule has 1 aromatic carbocycles. The van der Waals surface area contributed by atoms with Gasteiger partial charge < -0.3 is 0 Å². The number of hydrogen-bond donors (Lipinski definition) is 3. The van der Waals surface area contributed by atoms with E-state index in [2.05, 4.69) is 20.1 Å². The van der Waals surface area contributed by atoms with Crippen molar-refractivity contribution < 1.29 is 8.42 Å². The van der Waals surface area contributed by atoms with Crippen molar-refractivity contribution >= 4 is 44.2 Å². The Balaban J connectivity index is 2.30. The van der Waals surface area contributed by atoms with Crippen molar-refractivity contribution in [2.24, 2.45) is 5.84 Å². The first-order chi connectivity index (χ1) is 9.03. The highest BCUT2D eigenvalue weighted by Gasteiger charge is 2.16. The Morgan fingerprint density at radius 2 is 1.79 bits per heavy atom. The van der Waals surface area contributed by atoms with E-state index in [1.54, 1.807) is 18.2 Å². The molecular weight excluding hydrogens is 381 g/mol. The summed E-state index contributed by atoms with van der Waals surface area (Å²) in [5, 5.41) is 0. The standard InChI is InChI=1S/C10H10IN5O2S/c11-8-3-1-2-4-9(8)16-19(17,18)7-5-13-10(15-12)14-6-7/h1-6,16H,12H2,(H,13,14,15). The largest absolute Gasteiger partial charge is 0.292 e. The molecule has 0 saturated carbocycles. The monoisotopic (exact) mass is 391 g/mol. The first-order valence-corrected chi connectivity index (χ1v) is 7.65. The van der Waals surface area contributed by atoms with Crippen molar-refractivity contribution in [2.45, 2.75) is 4.90 Å². The van der Waals surface area contributed by atoms with Crippen LogP contribution in [0.4, 0.5) is 11.6 Å². The predicted octanol–water partition coefficient (Wildman–Crippen LogP) is 1.17. The molecule has 0 aliphatic carbocycles. The van der Waals surface area contributed by atoms with Crippen LogP contribution in [0.5, 0.6) is 0 Å². The minimum absolute atomic E-state index is 0.0360. The number of para-hydroxylation sites is 1. The quantitative estimate of drug-likeness (QED) is 0.410. The third-order valence-corrected chi connectivity index (χ3v) is 4.45. The highest BCUT2D eigenvalue weighted by Crippen LogP contribution is 2.20. The number of anilines is 2. The van der Waals surface area contributed by atoms with E-state index < -0.39 is 10.0 Å². The first-order valence-electron chi connectivity index (χ1n) is 5.09.